The Labute approximate surface area is 110 Å². The van der Waals surface area contributed by atoms with Gasteiger partial charge in [0.05, 0.1) is 6.04 Å². The summed E-state index contributed by atoms with van der Waals surface area (Å²) in [6.45, 7) is 9.46. The Morgan fingerprint density at radius 3 is 2.67 bits per heavy atom. The Kier molecular flexibility index (Phi) is 6.16. The van der Waals surface area contributed by atoms with E-state index < -0.39 is 6.10 Å². The van der Waals surface area contributed by atoms with E-state index in [0.717, 1.165) is 17.7 Å². The minimum Gasteiger partial charge on any atom is -0.490 e. The van der Waals surface area contributed by atoms with Crippen LogP contribution in [0, 0.1) is 13.8 Å². The van der Waals surface area contributed by atoms with Gasteiger partial charge in [0.25, 0.3) is 0 Å². The Bertz CT molecular complexity index is 366. The van der Waals surface area contributed by atoms with Gasteiger partial charge < -0.3 is 15.2 Å². The molecule has 0 unspecified atom stereocenters. The average molecular weight is 252 g/mol. The molecule has 0 saturated heterocycles. The van der Waals surface area contributed by atoms with Crippen molar-refractivity contribution < 1.29 is 15.2 Å². The van der Waals surface area contributed by atoms with Crippen molar-refractivity contribution in [2.75, 3.05) is 13.2 Å². The third-order valence-electron chi connectivity index (χ3n) is 3.22. The summed E-state index contributed by atoms with van der Waals surface area (Å²) in [5.74, 6) is 0.864. The second-order valence-electron chi connectivity index (χ2n) is 5.09. The molecule has 0 aliphatic rings. The van der Waals surface area contributed by atoms with Crippen LogP contribution in [0.5, 0.6) is 5.75 Å². The minimum atomic E-state index is -0.417. The van der Waals surface area contributed by atoms with Crippen LogP contribution < -0.4 is 10.1 Å². The van der Waals surface area contributed by atoms with E-state index in [9.17, 15) is 5.11 Å². The van der Waals surface area contributed by atoms with E-state index in [1.807, 2.05) is 19.1 Å². The maximum absolute atomic E-state index is 9.84. The number of hydrogen-bond donors (Lipinski definition) is 2. The predicted octanol–water partition coefficient (Wildman–Crippen LogP) is 1.41. The van der Waals surface area contributed by atoms with Gasteiger partial charge in [-0.2, -0.15) is 0 Å². The minimum absolute atomic E-state index is 0.358. The van der Waals surface area contributed by atoms with Crippen LogP contribution in [0.3, 0.4) is 0 Å². The Balaban J connectivity index is 2.35. The molecule has 0 radical (unpaired) electrons. The summed E-state index contributed by atoms with van der Waals surface area (Å²) < 4.78 is 5.65. The predicted molar refractivity (Wildman–Crippen MR) is 74.0 cm³/mol. The molecule has 1 rings (SSSR count). The number of quaternary nitrogens is 1. The van der Waals surface area contributed by atoms with Crippen molar-refractivity contribution in [2.45, 2.75) is 46.3 Å². The van der Waals surface area contributed by atoms with Crippen LogP contribution in [0.2, 0.25) is 0 Å². The number of aliphatic hydroxyl groups excluding tert-OH is 1. The van der Waals surface area contributed by atoms with Crippen LogP contribution in [0.25, 0.3) is 0 Å². The van der Waals surface area contributed by atoms with Gasteiger partial charge in [-0.05, 0) is 38.8 Å². The van der Waals surface area contributed by atoms with E-state index in [4.69, 9.17) is 4.74 Å². The SMILES string of the molecule is CC[C@H](C)[NH2+]C[C@@H](O)COc1ccc(C)cc1C. The molecule has 0 amide bonds. The molecule has 0 fully saturated rings. The summed E-state index contributed by atoms with van der Waals surface area (Å²) in [6, 6.07) is 6.64. The van der Waals surface area contributed by atoms with E-state index in [1.165, 1.54) is 5.56 Å². The van der Waals surface area contributed by atoms with Gasteiger partial charge in [0.2, 0.25) is 0 Å². The van der Waals surface area contributed by atoms with Gasteiger partial charge in [0.15, 0.2) is 0 Å². The molecule has 3 N–H and O–H groups in total. The van der Waals surface area contributed by atoms with Crippen molar-refractivity contribution in [1.82, 2.24) is 0 Å². The highest BCUT2D eigenvalue weighted by molar-refractivity contribution is 5.35. The number of ether oxygens (including phenoxy) is 1. The Morgan fingerprint density at radius 1 is 1.33 bits per heavy atom. The molecule has 0 spiro atoms. The summed E-state index contributed by atoms with van der Waals surface area (Å²) >= 11 is 0. The summed E-state index contributed by atoms with van der Waals surface area (Å²) in [5, 5.41) is 12.0. The first-order valence-corrected chi connectivity index (χ1v) is 6.74. The Hall–Kier alpha value is -1.06. The zero-order valence-electron chi connectivity index (χ0n) is 11.9. The number of rotatable bonds is 7. The molecule has 3 heteroatoms. The van der Waals surface area contributed by atoms with Crippen molar-refractivity contribution in [1.29, 1.82) is 0 Å². The van der Waals surface area contributed by atoms with Crippen LogP contribution in [-0.2, 0) is 0 Å². The fourth-order valence-corrected chi connectivity index (χ4v) is 1.77. The second kappa shape index (κ2) is 7.39. The lowest BCUT2D eigenvalue weighted by atomic mass is 10.1. The number of aliphatic hydroxyl groups is 1. The lowest BCUT2D eigenvalue weighted by molar-refractivity contribution is -0.691. The van der Waals surface area contributed by atoms with Crippen molar-refractivity contribution >= 4 is 0 Å². The summed E-state index contributed by atoms with van der Waals surface area (Å²) in [7, 11) is 0. The molecule has 18 heavy (non-hydrogen) atoms. The molecule has 0 aliphatic heterocycles. The van der Waals surface area contributed by atoms with Crippen LogP contribution in [0.1, 0.15) is 31.4 Å². The second-order valence-corrected chi connectivity index (χ2v) is 5.09. The zero-order chi connectivity index (χ0) is 13.5. The molecule has 2 atom stereocenters. The van der Waals surface area contributed by atoms with Crippen LogP contribution in [0.15, 0.2) is 18.2 Å². The first-order chi connectivity index (χ1) is 8.52. The summed E-state index contributed by atoms with van der Waals surface area (Å²) in [6.07, 6.45) is 0.699. The zero-order valence-corrected chi connectivity index (χ0v) is 11.9. The molecule has 1 aromatic rings. The van der Waals surface area contributed by atoms with Gasteiger partial charge in [-0.3, -0.25) is 0 Å². The number of benzene rings is 1. The van der Waals surface area contributed by atoms with E-state index in [2.05, 4.69) is 32.2 Å². The monoisotopic (exact) mass is 252 g/mol. The normalized spacial score (nSPS) is 14.3. The molecule has 0 aliphatic carbocycles. The van der Waals surface area contributed by atoms with Crippen molar-refractivity contribution in [3.05, 3.63) is 29.3 Å². The third-order valence-corrected chi connectivity index (χ3v) is 3.22. The van der Waals surface area contributed by atoms with Gasteiger partial charge in [0, 0.05) is 0 Å². The van der Waals surface area contributed by atoms with Gasteiger partial charge in [-0.15, -0.1) is 0 Å². The maximum Gasteiger partial charge on any atom is 0.137 e. The van der Waals surface area contributed by atoms with Gasteiger partial charge in [-0.25, -0.2) is 0 Å². The lowest BCUT2D eigenvalue weighted by Gasteiger charge is -2.15. The van der Waals surface area contributed by atoms with Crippen molar-refractivity contribution in [3.63, 3.8) is 0 Å². The standard InChI is InChI=1S/C15H25NO2/c1-5-13(4)16-9-14(17)10-18-15-7-6-11(2)8-12(15)3/h6-8,13-14,16-17H,5,9-10H2,1-4H3/p+1/t13-,14+/m0/s1. The molecule has 0 saturated carbocycles. The molecule has 102 valence electrons. The molecule has 0 heterocycles. The van der Waals surface area contributed by atoms with Gasteiger partial charge in [-0.1, -0.05) is 24.6 Å². The highest BCUT2D eigenvalue weighted by Crippen LogP contribution is 2.18. The maximum atomic E-state index is 9.84. The topological polar surface area (TPSA) is 46.1 Å². The van der Waals surface area contributed by atoms with Gasteiger partial charge >= 0.3 is 0 Å². The van der Waals surface area contributed by atoms with E-state index in [0.29, 0.717) is 19.2 Å². The van der Waals surface area contributed by atoms with E-state index in [-0.39, 0.29) is 0 Å². The van der Waals surface area contributed by atoms with Crippen LogP contribution >= 0.6 is 0 Å². The van der Waals surface area contributed by atoms with Gasteiger partial charge in [0.1, 0.15) is 25.0 Å². The molecule has 1 aromatic carbocycles. The highest BCUT2D eigenvalue weighted by atomic mass is 16.5. The highest BCUT2D eigenvalue weighted by Gasteiger charge is 2.10. The molecule has 0 bridgehead atoms. The van der Waals surface area contributed by atoms with Crippen molar-refractivity contribution in [3.8, 4) is 5.75 Å². The molecular weight excluding hydrogens is 226 g/mol. The number of hydrogen-bond acceptors (Lipinski definition) is 2. The van der Waals surface area contributed by atoms with E-state index in [1.54, 1.807) is 0 Å². The number of aryl methyl sites for hydroxylation is 2. The largest absolute Gasteiger partial charge is 0.490 e. The summed E-state index contributed by atoms with van der Waals surface area (Å²) in [5.41, 5.74) is 2.35. The average Bonchev–Trinajstić information content (AvgIpc) is 2.34. The van der Waals surface area contributed by atoms with Crippen LogP contribution in [-0.4, -0.2) is 30.4 Å². The van der Waals surface area contributed by atoms with Crippen LogP contribution in [0.4, 0.5) is 0 Å². The Morgan fingerprint density at radius 2 is 2.06 bits per heavy atom. The van der Waals surface area contributed by atoms with Crippen molar-refractivity contribution in [2.24, 2.45) is 0 Å². The number of nitrogens with two attached hydrogens (primary N) is 1. The first kappa shape index (κ1) is 15.0. The third kappa shape index (κ3) is 5.07. The fraction of sp³-hybridized carbons (Fsp3) is 0.600. The fourth-order valence-electron chi connectivity index (χ4n) is 1.77. The smallest absolute Gasteiger partial charge is 0.137 e. The molecule has 0 aromatic heterocycles. The molecule has 3 nitrogen and oxygen atoms in total. The van der Waals surface area contributed by atoms with E-state index >= 15 is 0 Å². The summed E-state index contributed by atoms with van der Waals surface area (Å²) in [4.78, 5) is 0. The first-order valence-electron chi connectivity index (χ1n) is 6.74. The lowest BCUT2D eigenvalue weighted by Crippen LogP contribution is -2.91. The quantitative estimate of drug-likeness (QED) is 0.770. The molecular formula is C15H26NO2+.